The van der Waals surface area contributed by atoms with E-state index in [9.17, 15) is 9.59 Å². The van der Waals surface area contributed by atoms with Crippen LogP contribution in [0.15, 0.2) is 21.4 Å². The molecule has 0 aliphatic rings. The second kappa shape index (κ2) is 8.27. The number of nitrogens with one attached hydrogen (secondary N) is 1. The average Bonchev–Trinajstić information content (AvgIpc) is 3.24. The van der Waals surface area contributed by atoms with Gasteiger partial charge in [-0.05, 0) is 26.7 Å². The number of thiazole rings is 1. The van der Waals surface area contributed by atoms with E-state index in [1.54, 1.807) is 25.3 Å². The number of aromatic nitrogens is 2. The van der Waals surface area contributed by atoms with Crippen molar-refractivity contribution < 1.29 is 18.7 Å². The van der Waals surface area contributed by atoms with E-state index in [-0.39, 0.29) is 29.5 Å². The zero-order chi connectivity index (χ0) is 19.4. The van der Waals surface area contributed by atoms with Crippen molar-refractivity contribution in [3.05, 3.63) is 33.5 Å². The molecule has 0 bridgehead atoms. The first-order valence-electron chi connectivity index (χ1n) is 8.23. The second-order valence-corrected chi connectivity index (χ2v) is 7.04. The van der Waals surface area contributed by atoms with Crippen LogP contribution in [0.2, 0.25) is 0 Å². The lowest BCUT2D eigenvalue weighted by Gasteiger charge is -2.20. The number of oxazole rings is 1. The van der Waals surface area contributed by atoms with Crippen LogP contribution in [0.5, 0.6) is 0 Å². The first-order chi connectivity index (χ1) is 12.3. The highest BCUT2D eigenvalue weighted by atomic mass is 32.1. The molecular weight excluding hydrogens is 354 g/mol. The third kappa shape index (κ3) is 4.19. The summed E-state index contributed by atoms with van der Waals surface area (Å²) in [4.78, 5) is 32.6. The third-order valence-electron chi connectivity index (χ3n) is 3.93. The molecule has 0 aliphatic heterocycles. The number of amides is 1. The van der Waals surface area contributed by atoms with E-state index >= 15 is 0 Å². The molecule has 0 aromatic carbocycles. The lowest BCUT2D eigenvalue weighted by Crippen LogP contribution is -2.32. The topological polar surface area (TPSA) is 94.3 Å². The molecule has 0 aliphatic carbocycles. The molecule has 0 saturated heterocycles. The number of aryl methyl sites for hydroxylation is 1. The van der Waals surface area contributed by atoms with Crippen LogP contribution in [0.4, 0.5) is 0 Å². The van der Waals surface area contributed by atoms with Crippen LogP contribution in [0, 0.1) is 12.8 Å². The zero-order valence-corrected chi connectivity index (χ0v) is 16.6. The van der Waals surface area contributed by atoms with Crippen molar-refractivity contribution in [1.29, 1.82) is 0 Å². The maximum Gasteiger partial charge on any atom is 0.360 e. The van der Waals surface area contributed by atoms with Gasteiger partial charge in [0.15, 0.2) is 5.69 Å². The number of nitrogens with zero attached hydrogens (tertiary/aromatic N) is 2. The molecule has 26 heavy (non-hydrogen) atoms. The number of allylic oxidation sites excluding steroid dienone is 1. The lowest BCUT2D eigenvalue weighted by atomic mass is 10.0. The van der Waals surface area contributed by atoms with E-state index < -0.39 is 5.97 Å². The summed E-state index contributed by atoms with van der Waals surface area (Å²) >= 11 is 1.41. The maximum absolute atomic E-state index is 12.2. The van der Waals surface area contributed by atoms with Gasteiger partial charge in [-0.25, -0.2) is 14.8 Å². The SMILES string of the molecule is C/C=C(\C)C(=O)N[C@H](c1nc(-c2nc(C(=O)OC)c(C)o2)cs1)C(C)C. The molecule has 2 rings (SSSR count). The highest BCUT2D eigenvalue weighted by molar-refractivity contribution is 7.10. The Morgan fingerprint density at radius 2 is 2.04 bits per heavy atom. The maximum atomic E-state index is 12.2. The standard InChI is InChI=1S/C18H23N3O4S/c1-7-10(4)15(22)20-13(9(2)3)17-19-12(8-26-17)16-21-14(11(5)25-16)18(23)24-6/h7-9,13H,1-6H3,(H,20,22)/b10-7+/t13-/m0/s1. The van der Waals surface area contributed by atoms with Gasteiger partial charge in [-0.2, -0.15) is 0 Å². The van der Waals surface area contributed by atoms with E-state index in [2.05, 4.69) is 20.0 Å². The number of esters is 1. The van der Waals surface area contributed by atoms with Crippen LogP contribution in [0.25, 0.3) is 11.6 Å². The Balaban J connectivity index is 2.29. The van der Waals surface area contributed by atoms with Gasteiger partial charge in [0.25, 0.3) is 0 Å². The molecule has 1 atom stereocenters. The predicted octanol–water partition coefficient (Wildman–Crippen LogP) is 3.67. The number of carbonyl (C=O) groups excluding carboxylic acids is 2. The minimum Gasteiger partial charge on any atom is -0.464 e. The van der Waals surface area contributed by atoms with Gasteiger partial charge in [-0.1, -0.05) is 19.9 Å². The second-order valence-electron chi connectivity index (χ2n) is 6.15. The Kier molecular flexibility index (Phi) is 6.31. The summed E-state index contributed by atoms with van der Waals surface area (Å²) in [5.41, 5.74) is 1.30. The summed E-state index contributed by atoms with van der Waals surface area (Å²) in [6.07, 6.45) is 1.77. The molecule has 0 unspecified atom stereocenters. The lowest BCUT2D eigenvalue weighted by molar-refractivity contribution is -0.118. The van der Waals surface area contributed by atoms with Crippen molar-refractivity contribution >= 4 is 23.2 Å². The van der Waals surface area contributed by atoms with Crippen molar-refractivity contribution in [3.8, 4) is 11.6 Å². The van der Waals surface area contributed by atoms with Crippen LogP contribution in [0.3, 0.4) is 0 Å². The van der Waals surface area contributed by atoms with Crippen molar-refractivity contribution in [2.24, 2.45) is 5.92 Å². The smallest absolute Gasteiger partial charge is 0.360 e. The minimum absolute atomic E-state index is 0.122. The Bertz CT molecular complexity index is 835. The molecule has 2 aromatic heterocycles. The Morgan fingerprint density at radius 3 is 2.62 bits per heavy atom. The summed E-state index contributed by atoms with van der Waals surface area (Å²) in [7, 11) is 1.29. The van der Waals surface area contributed by atoms with Crippen LogP contribution < -0.4 is 5.32 Å². The minimum atomic E-state index is -0.554. The molecule has 1 N–H and O–H groups in total. The van der Waals surface area contributed by atoms with Gasteiger partial charge >= 0.3 is 5.97 Å². The largest absolute Gasteiger partial charge is 0.464 e. The number of ether oxygens (including phenoxy) is 1. The Hall–Kier alpha value is -2.48. The van der Waals surface area contributed by atoms with Gasteiger partial charge < -0.3 is 14.5 Å². The molecule has 0 saturated carbocycles. The molecule has 7 nitrogen and oxygen atoms in total. The van der Waals surface area contributed by atoms with E-state index in [0.717, 1.165) is 5.01 Å². The molecule has 2 heterocycles. The van der Waals surface area contributed by atoms with Crippen molar-refractivity contribution in [2.75, 3.05) is 7.11 Å². The van der Waals surface area contributed by atoms with Crippen molar-refractivity contribution in [2.45, 2.75) is 40.7 Å². The Labute approximate surface area is 156 Å². The molecule has 2 aromatic rings. The molecule has 0 radical (unpaired) electrons. The average molecular weight is 377 g/mol. The van der Waals surface area contributed by atoms with Gasteiger partial charge in [0.05, 0.1) is 13.2 Å². The van der Waals surface area contributed by atoms with Crippen molar-refractivity contribution in [3.63, 3.8) is 0 Å². The molecule has 140 valence electrons. The van der Waals surface area contributed by atoms with Crippen LogP contribution in [-0.4, -0.2) is 29.0 Å². The molecule has 1 amide bonds. The fourth-order valence-corrected chi connectivity index (χ4v) is 3.24. The highest BCUT2D eigenvalue weighted by Gasteiger charge is 2.25. The Morgan fingerprint density at radius 1 is 1.35 bits per heavy atom. The summed E-state index contributed by atoms with van der Waals surface area (Å²) in [5, 5.41) is 5.56. The van der Waals surface area contributed by atoms with Crippen molar-refractivity contribution in [1.82, 2.24) is 15.3 Å². The van der Waals surface area contributed by atoms with E-state index in [1.165, 1.54) is 18.4 Å². The van der Waals surface area contributed by atoms with E-state index in [1.807, 2.05) is 20.8 Å². The number of carbonyl (C=O) groups is 2. The fraction of sp³-hybridized carbons (Fsp3) is 0.444. The molecule has 0 fully saturated rings. The quantitative estimate of drug-likeness (QED) is 0.610. The van der Waals surface area contributed by atoms with Gasteiger partial charge in [-0.3, -0.25) is 4.79 Å². The number of methoxy groups -OCH3 is 1. The van der Waals surface area contributed by atoms with Gasteiger partial charge in [-0.15, -0.1) is 11.3 Å². The van der Waals surface area contributed by atoms with Gasteiger partial charge in [0.1, 0.15) is 16.5 Å². The predicted molar refractivity (Wildman–Crippen MR) is 98.8 cm³/mol. The monoisotopic (exact) mass is 377 g/mol. The number of hydrogen-bond acceptors (Lipinski definition) is 7. The summed E-state index contributed by atoms with van der Waals surface area (Å²) in [6, 6.07) is -0.229. The third-order valence-corrected chi connectivity index (χ3v) is 4.85. The van der Waals surface area contributed by atoms with Crippen LogP contribution in [0.1, 0.15) is 55.0 Å². The van der Waals surface area contributed by atoms with Gasteiger partial charge in [0.2, 0.25) is 11.8 Å². The summed E-state index contributed by atoms with van der Waals surface area (Å²) in [5.74, 6) is 0.104. The van der Waals surface area contributed by atoms with Gasteiger partial charge in [0, 0.05) is 11.0 Å². The molecule has 8 heteroatoms. The van der Waals surface area contributed by atoms with E-state index in [0.29, 0.717) is 17.0 Å². The van der Waals surface area contributed by atoms with Crippen LogP contribution >= 0.6 is 11.3 Å². The number of rotatable bonds is 6. The molecular formula is C18H23N3O4S. The van der Waals surface area contributed by atoms with E-state index in [4.69, 9.17) is 4.42 Å². The molecule has 0 spiro atoms. The van der Waals surface area contributed by atoms with Crippen LogP contribution in [-0.2, 0) is 9.53 Å². The summed E-state index contributed by atoms with van der Waals surface area (Å²) < 4.78 is 10.2. The first-order valence-corrected chi connectivity index (χ1v) is 9.11. The fourth-order valence-electron chi connectivity index (χ4n) is 2.22. The summed E-state index contributed by atoms with van der Waals surface area (Å²) in [6.45, 7) is 9.27. The first kappa shape index (κ1) is 19.8. The zero-order valence-electron chi connectivity index (χ0n) is 15.7. The normalized spacial score (nSPS) is 13.0. The highest BCUT2D eigenvalue weighted by Crippen LogP contribution is 2.30. The number of hydrogen-bond donors (Lipinski definition) is 1.